The van der Waals surface area contributed by atoms with E-state index in [1.54, 1.807) is 10.2 Å². The number of piperidine rings is 1. The SMILES string of the molecule is CC(=O)NC(=O)NC(=O)/C(C(=O)C(Cl)(Cl)Cl)=C1/C=C(C)S(=O)(=O)C(N2CCCCC2)=C1. The number of hydrogen-bond donors (Lipinski definition) is 2. The van der Waals surface area contributed by atoms with Crippen LogP contribution in [0.2, 0.25) is 0 Å². The number of hydrogen-bond acceptors (Lipinski definition) is 7. The van der Waals surface area contributed by atoms with E-state index in [9.17, 15) is 27.6 Å². The van der Waals surface area contributed by atoms with Gasteiger partial charge in [-0.15, -0.1) is 0 Å². The minimum atomic E-state index is -3.85. The monoisotopic (exact) mass is 511 g/mol. The van der Waals surface area contributed by atoms with Crippen LogP contribution in [0, 0.1) is 0 Å². The first-order valence-electron chi connectivity index (χ1n) is 9.14. The lowest BCUT2D eigenvalue weighted by Crippen LogP contribution is -2.44. The van der Waals surface area contributed by atoms with Crippen LogP contribution < -0.4 is 10.6 Å². The Morgan fingerprint density at radius 2 is 1.58 bits per heavy atom. The molecule has 0 saturated carbocycles. The molecule has 0 aliphatic carbocycles. The Kier molecular flexibility index (Phi) is 7.96. The molecule has 2 aliphatic heterocycles. The number of halogens is 3. The number of rotatable bonds is 3. The molecule has 4 amide bonds. The van der Waals surface area contributed by atoms with Crippen LogP contribution in [0.5, 0.6) is 0 Å². The Bertz CT molecular complexity index is 1020. The number of urea groups is 1. The second-order valence-electron chi connectivity index (χ2n) is 6.91. The third-order valence-corrected chi connectivity index (χ3v) is 6.93. The molecule has 2 N–H and O–H groups in total. The minimum absolute atomic E-state index is 0.0854. The molecule has 2 heterocycles. The van der Waals surface area contributed by atoms with Gasteiger partial charge in [-0.1, -0.05) is 34.8 Å². The fourth-order valence-electron chi connectivity index (χ4n) is 3.10. The number of nitrogens with zero attached hydrogens (tertiary/aromatic N) is 1. The largest absolute Gasteiger partial charge is 0.362 e. The number of amides is 4. The number of nitrogens with one attached hydrogen (secondary N) is 2. The topological polar surface area (TPSA) is 130 Å². The van der Waals surface area contributed by atoms with E-state index in [1.165, 1.54) is 6.92 Å². The molecule has 0 aromatic rings. The van der Waals surface area contributed by atoms with Crippen molar-refractivity contribution in [3.63, 3.8) is 0 Å². The average Bonchev–Trinajstić information content (AvgIpc) is 2.63. The maximum atomic E-state index is 12.8. The molecule has 0 atom stereocenters. The zero-order chi connectivity index (χ0) is 23.6. The molecule has 170 valence electrons. The number of ketones is 1. The Morgan fingerprint density at radius 3 is 2.10 bits per heavy atom. The number of sulfone groups is 1. The van der Waals surface area contributed by atoms with Crippen molar-refractivity contribution >= 4 is 68.3 Å². The predicted octanol–water partition coefficient (Wildman–Crippen LogP) is 2.25. The van der Waals surface area contributed by atoms with Gasteiger partial charge < -0.3 is 4.90 Å². The van der Waals surface area contributed by atoms with E-state index in [4.69, 9.17) is 34.8 Å². The highest BCUT2D eigenvalue weighted by Crippen LogP contribution is 2.35. The highest BCUT2D eigenvalue weighted by Gasteiger charge is 2.40. The van der Waals surface area contributed by atoms with Crippen molar-refractivity contribution in [1.29, 1.82) is 0 Å². The van der Waals surface area contributed by atoms with Crippen LogP contribution in [-0.2, 0) is 24.2 Å². The standard InChI is InChI=1S/C18H20Cl3N3O6S/c1-10-8-12(9-13(31(10,29)30)24-6-4-3-5-7-24)14(15(26)18(19,20)21)16(27)23-17(28)22-11(2)25/h8-9H,3-7H2,1-2H3,(H2,22,23,25,27,28)/b14-12-. The number of carbonyl (C=O) groups is 4. The summed E-state index contributed by atoms with van der Waals surface area (Å²) < 4.78 is 23.1. The maximum Gasteiger partial charge on any atom is 0.328 e. The Labute approximate surface area is 194 Å². The fourth-order valence-corrected chi connectivity index (χ4v) is 4.80. The first-order chi connectivity index (χ1) is 14.2. The molecule has 9 nitrogen and oxygen atoms in total. The zero-order valence-corrected chi connectivity index (χ0v) is 19.7. The van der Waals surface area contributed by atoms with Gasteiger partial charge in [0, 0.05) is 24.9 Å². The number of likely N-dealkylation sites (tertiary alicyclic amines) is 1. The summed E-state index contributed by atoms with van der Waals surface area (Å²) in [6.07, 6.45) is 4.75. The van der Waals surface area contributed by atoms with Crippen molar-refractivity contribution in [2.45, 2.75) is 36.9 Å². The van der Waals surface area contributed by atoms with Gasteiger partial charge in [-0.05, 0) is 43.9 Å². The van der Waals surface area contributed by atoms with E-state index in [1.807, 2.05) is 5.32 Å². The van der Waals surface area contributed by atoms with Crippen molar-refractivity contribution in [2.24, 2.45) is 0 Å². The van der Waals surface area contributed by atoms with Crippen LogP contribution >= 0.6 is 34.8 Å². The molecule has 0 aromatic carbocycles. The molecule has 1 fully saturated rings. The van der Waals surface area contributed by atoms with Crippen molar-refractivity contribution < 1.29 is 27.6 Å². The molecule has 0 radical (unpaired) electrons. The van der Waals surface area contributed by atoms with Gasteiger partial charge in [0.25, 0.3) is 9.70 Å². The first kappa shape index (κ1) is 25.4. The lowest BCUT2D eigenvalue weighted by Gasteiger charge is -2.32. The first-order valence-corrected chi connectivity index (χ1v) is 11.8. The van der Waals surface area contributed by atoms with Gasteiger partial charge in [0.2, 0.25) is 21.5 Å². The van der Waals surface area contributed by atoms with E-state index in [-0.39, 0.29) is 15.5 Å². The predicted molar refractivity (Wildman–Crippen MR) is 116 cm³/mol. The highest BCUT2D eigenvalue weighted by atomic mass is 35.6. The number of imide groups is 2. The van der Waals surface area contributed by atoms with Gasteiger partial charge >= 0.3 is 6.03 Å². The van der Waals surface area contributed by atoms with Crippen LogP contribution in [0.25, 0.3) is 0 Å². The highest BCUT2D eigenvalue weighted by molar-refractivity contribution is 7.98. The molecular formula is C18H20Cl3N3O6S. The average molecular weight is 513 g/mol. The summed E-state index contributed by atoms with van der Waals surface area (Å²) in [5, 5.41) is 3.53. The number of carbonyl (C=O) groups excluding carboxylic acids is 4. The molecule has 13 heteroatoms. The van der Waals surface area contributed by atoms with Gasteiger partial charge in [0.15, 0.2) is 0 Å². The van der Waals surface area contributed by atoms with Crippen molar-refractivity contribution in [3.8, 4) is 0 Å². The third-order valence-electron chi connectivity index (χ3n) is 4.52. The van der Waals surface area contributed by atoms with Gasteiger partial charge in [-0.25, -0.2) is 13.2 Å². The molecule has 0 unspecified atom stereocenters. The summed E-state index contributed by atoms with van der Waals surface area (Å²) in [5.41, 5.74) is -0.875. The van der Waals surface area contributed by atoms with E-state index in [0.29, 0.717) is 13.1 Å². The summed E-state index contributed by atoms with van der Waals surface area (Å²) in [4.78, 5) is 49.7. The second-order valence-corrected chi connectivity index (χ2v) is 11.3. The molecular weight excluding hydrogens is 493 g/mol. The number of allylic oxidation sites excluding steroid dienone is 4. The number of alkyl halides is 3. The summed E-state index contributed by atoms with van der Waals surface area (Å²) in [5.74, 6) is -3.28. The van der Waals surface area contributed by atoms with Gasteiger partial charge in [0.1, 0.15) is 5.03 Å². The molecule has 0 aromatic heterocycles. The second kappa shape index (κ2) is 9.72. The van der Waals surface area contributed by atoms with Crippen LogP contribution in [0.1, 0.15) is 33.1 Å². The summed E-state index contributed by atoms with van der Waals surface area (Å²) >= 11 is 17.0. The molecule has 0 spiro atoms. The maximum absolute atomic E-state index is 12.8. The fraction of sp³-hybridized carbons (Fsp3) is 0.444. The Hall–Kier alpha value is -1.88. The van der Waals surface area contributed by atoms with Gasteiger partial charge in [0.05, 0.1) is 5.57 Å². The van der Waals surface area contributed by atoms with E-state index < -0.39 is 42.8 Å². The molecule has 2 aliphatic rings. The summed E-state index contributed by atoms with van der Waals surface area (Å²) in [7, 11) is -3.85. The van der Waals surface area contributed by atoms with Crippen LogP contribution in [0.4, 0.5) is 4.79 Å². The van der Waals surface area contributed by atoms with E-state index >= 15 is 0 Å². The quantitative estimate of drug-likeness (QED) is 0.257. The van der Waals surface area contributed by atoms with Crippen LogP contribution in [0.15, 0.2) is 33.2 Å². The van der Waals surface area contributed by atoms with Gasteiger partial charge in [-0.2, -0.15) is 0 Å². The molecule has 0 bridgehead atoms. The summed E-state index contributed by atoms with van der Waals surface area (Å²) in [6, 6.07) is -1.20. The molecule has 2 rings (SSSR count). The lowest BCUT2D eigenvalue weighted by molar-refractivity contribution is -0.121. The van der Waals surface area contributed by atoms with Crippen molar-refractivity contribution in [3.05, 3.63) is 33.2 Å². The zero-order valence-electron chi connectivity index (χ0n) is 16.6. The molecule has 1 saturated heterocycles. The summed E-state index contributed by atoms with van der Waals surface area (Å²) in [6.45, 7) is 3.31. The van der Waals surface area contributed by atoms with Crippen LogP contribution in [-0.4, -0.2) is 53.8 Å². The normalized spacial score (nSPS) is 20.2. The minimum Gasteiger partial charge on any atom is -0.362 e. The van der Waals surface area contributed by atoms with E-state index in [0.717, 1.165) is 38.3 Å². The van der Waals surface area contributed by atoms with Crippen LogP contribution in [0.3, 0.4) is 0 Å². The van der Waals surface area contributed by atoms with Gasteiger partial charge in [-0.3, -0.25) is 25.0 Å². The van der Waals surface area contributed by atoms with Crippen molar-refractivity contribution in [2.75, 3.05) is 13.1 Å². The van der Waals surface area contributed by atoms with Crippen molar-refractivity contribution in [1.82, 2.24) is 15.5 Å². The smallest absolute Gasteiger partial charge is 0.328 e. The van der Waals surface area contributed by atoms with E-state index in [2.05, 4.69) is 0 Å². The Morgan fingerprint density at radius 1 is 1.00 bits per heavy atom. The number of Topliss-reactive ketones (excluding diaryl/α,β-unsaturated/α-hetero) is 1. The Balaban J connectivity index is 2.63. The lowest BCUT2D eigenvalue weighted by atomic mass is 10.0. The third kappa shape index (κ3) is 6.09. The molecule has 31 heavy (non-hydrogen) atoms.